The third kappa shape index (κ3) is 4.02. The number of hydrogen-bond donors (Lipinski definition) is 2. The number of aromatic nitrogens is 2. The first-order chi connectivity index (χ1) is 8.97. The zero-order chi connectivity index (χ0) is 14.4. The second-order valence-corrected chi connectivity index (χ2v) is 4.40. The molecule has 2 N–H and O–H groups in total. The third-order valence-electron chi connectivity index (χ3n) is 2.80. The molecule has 1 rings (SSSR count). The summed E-state index contributed by atoms with van der Waals surface area (Å²) in [5, 5.41) is 17.0. The van der Waals surface area contributed by atoms with Crippen molar-refractivity contribution >= 4 is 17.3 Å². The molecule has 0 radical (unpaired) electrons. The molecule has 1 aromatic rings. The van der Waals surface area contributed by atoms with E-state index in [9.17, 15) is 10.1 Å². The van der Waals surface area contributed by atoms with Crippen LogP contribution >= 0.6 is 0 Å². The number of nitrogens with one attached hydrogen (secondary N) is 2. The minimum absolute atomic E-state index is 0.115. The molecule has 8 heteroatoms. The van der Waals surface area contributed by atoms with E-state index in [0.717, 1.165) is 0 Å². The molecule has 0 spiro atoms. The smallest absolute Gasteiger partial charge is 0.353 e. The zero-order valence-electron chi connectivity index (χ0n) is 11.7. The largest absolute Gasteiger partial charge is 0.364 e. The molecule has 8 nitrogen and oxygen atoms in total. The fraction of sp³-hybridized carbons (Fsp3) is 0.636. The van der Waals surface area contributed by atoms with E-state index in [1.807, 2.05) is 32.8 Å². The van der Waals surface area contributed by atoms with Crippen molar-refractivity contribution in [3.63, 3.8) is 0 Å². The van der Waals surface area contributed by atoms with Crippen LogP contribution in [0.4, 0.5) is 17.3 Å². The van der Waals surface area contributed by atoms with E-state index in [1.165, 1.54) is 6.33 Å². The number of likely N-dealkylation sites (N-methyl/N-ethyl adjacent to an activating group) is 1. The summed E-state index contributed by atoms with van der Waals surface area (Å²) >= 11 is 0. The zero-order valence-corrected chi connectivity index (χ0v) is 11.7. The third-order valence-corrected chi connectivity index (χ3v) is 2.80. The maximum Gasteiger partial charge on any atom is 0.353 e. The molecule has 0 aliphatic rings. The van der Waals surface area contributed by atoms with Crippen LogP contribution in [0.3, 0.4) is 0 Å². The van der Waals surface area contributed by atoms with E-state index >= 15 is 0 Å². The Balaban J connectivity index is 2.93. The maximum atomic E-state index is 11.1. The fourth-order valence-electron chi connectivity index (χ4n) is 1.40. The van der Waals surface area contributed by atoms with Crippen molar-refractivity contribution in [2.45, 2.75) is 19.9 Å². The van der Waals surface area contributed by atoms with E-state index in [-0.39, 0.29) is 23.4 Å². The Morgan fingerprint density at radius 3 is 2.42 bits per heavy atom. The normalized spacial score (nSPS) is 12.3. The number of anilines is 2. The molecule has 1 unspecified atom stereocenters. The first kappa shape index (κ1) is 15.1. The Kier molecular flexibility index (Phi) is 5.43. The lowest BCUT2D eigenvalue weighted by Crippen LogP contribution is -2.31. The van der Waals surface area contributed by atoms with Gasteiger partial charge in [-0.3, -0.25) is 10.1 Å². The molecule has 1 aromatic heterocycles. The summed E-state index contributed by atoms with van der Waals surface area (Å²) in [6.45, 7) is 5.00. The van der Waals surface area contributed by atoms with Crippen LogP contribution in [0.15, 0.2) is 6.33 Å². The summed E-state index contributed by atoms with van der Waals surface area (Å²) in [4.78, 5) is 20.5. The van der Waals surface area contributed by atoms with Crippen molar-refractivity contribution in [3.8, 4) is 0 Å². The van der Waals surface area contributed by atoms with Crippen molar-refractivity contribution < 1.29 is 4.92 Å². The van der Waals surface area contributed by atoms with E-state index in [2.05, 4.69) is 20.6 Å². The Morgan fingerprint density at radius 1 is 1.37 bits per heavy atom. The van der Waals surface area contributed by atoms with Gasteiger partial charge in [-0.05, 0) is 27.9 Å². The number of hydrogen-bond acceptors (Lipinski definition) is 7. The van der Waals surface area contributed by atoms with Gasteiger partial charge < -0.3 is 15.5 Å². The molecule has 0 saturated heterocycles. The first-order valence-electron chi connectivity index (χ1n) is 6.10. The highest BCUT2D eigenvalue weighted by atomic mass is 16.6. The SMILES string of the molecule is CCNc1ncnc(NCC(C)N(C)C)c1[N+](=O)[O-]. The predicted molar refractivity (Wildman–Crippen MR) is 74.5 cm³/mol. The van der Waals surface area contributed by atoms with Crippen LogP contribution in [0.25, 0.3) is 0 Å². The lowest BCUT2D eigenvalue weighted by atomic mass is 10.3. The van der Waals surface area contributed by atoms with Crippen molar-refractivity contribution in [2.24, 2.45) is 0 Å². The van der Waals surface area contributed by atoms with Crippen LogP contribution in [0, 0.1) is 10.1 Å². The summed E-state index contributed by atoms with van der Waals surface area (Å²) in [5.74, 6) is 0.479. The number of nitro groups is 1. The average Bonchev–Trinajstić information content (AvgIpc) is 2.35. The predicted octanol–water partition coefficient (Wildman–Crippen LogP) is 1.18. The highest BCUT2D eigenvalue weighted by Crippen LogP contribution is 2.28. The molecule has 0 amide bonds. The van der Waals surface area contributed by atoms with Gasteiger partial charge in [-0.1, -0.05) is 0 Å². The van der Waals surface area contributed by atoms with Crippen LogP contribution in [0.2, 0.25) is 0 Å². The maximum absolute atomic E-state index is 11.1. The molecular weight excluding hydrogens is 248 g/mol. The number of nitrogens with zero attached hydrogens (tertiary/aromatic N) is 4. The Morgan fingerprint density at radius 2 is 1.95 bits per heavy atom. The molecule has 0 aliphatic heterocycles. The van der Waals surface area contributed by atoms with Gasteiger partial charge >= 0.3 is 5.69 Å². The summed E-state index contributed by atoms with van der Waals surface area (Å²) in [7, 11) is 3.90. The first-order valence-corrected chi connectivity index (χ1v) is 6.10. The number of rotatable bonds is 7. The fourth-order valence-corrected chi connectivity index (χ4v) is 1.40. The lowest BCUT2D eigenvalue weighted by Gasteiger charge is -2.20. The van der Waals surface area contributed by atoms with Crippen LogP contribution in [0.1, 0.15) is 13.8 Å². The summed E-state index contributed by atoms with van der Waals surface area (Å²) < 4.78 is 0. The van der Waals surface area contributed by atoms with Gasteiger partial charge in [0.05, 0.1) is 4.92 Å². The summed E-state index contributed by atoms with van der Waals surface area (Å²) in [6, 6.07) is 0.233. The van der Waals surface area contributed by atoms with Crippen LogP contribution in [0.5, 0.6) is 0 Å². The molecule has 0 bridgehead atoms. The Bertz CT molecular complexity index is 437. The van der Waals surface area contributed by atoms with Crippen LogP contribution in [-0.2, 0) is 0 Å². The summed E-state index contributed by atoms with van der Waals surface area (Å²) in [5.41, 5.74) is -0.115. The summed E-state index contributed by atoms with van der Waals surface area (Å²) in [6.07, 6.45) is 1.31. The van der Waals surface area contributed by atoms with Crippen molar-refractivity contribution in [1.82, 2.24) is 14.9 Å². The highest BCUT2D eigenvalue weighted by molar-refractivity contribution is 5.69. The molecule has 0 fully saturated rings. The van der Waals surface area contributed by atoms with Gasteiger partial charge in [0.25, 0.3) is 0 Å². The van der Waals surface area contributed by atoms with Gasteiger partial charge in [0.2, 0.25) is 11.6 Å². The molecule has 1 heterocycles. The molecule has 1 atom stereocenters. The van der Waals surface area contributed by atoms with E-state index in [4.69, 9.17) is 0 Å². The van der Waals surface area contributed by atoms with Gasteiger partial charge in [-0.2, -0.15) is 0 Å². The van der Waals surface area contributed by atoms with Crippen molar-refractivity contribution in [2.75, 3.05) is 37.8 Å². The van der Waals surface area contributed by atoms with Gasteiger partial charge in [0.15, 0.2) is 0 Å². The van der Waals surface area contributed by atoms with Gasteiger partial charge in [0, 0.05) is 19.1 Å². The molecule has 0 saturated carbocycles. The van der Waals surface area contributed by atoms with Crippen LogP contribution in [-0.4, -0.2) is 53.0 Å². The van der Waals surface area contributed by atoms with E-state index < -0.39 is 4.92 Å². The second kappa shape index (κ2) is 6.83. The minimum Gasteiger partial charge on any atom is -0.364 e. The van der Waals surface area contributed by atoms with Gasteiger partial charge in [0.1, 0.15) is 6.33 Å². The lowest BCUT2D eigenvalue weighted by molar-refractivity contribution is -0.383. The Labute approximate surface area is 112 Å². The minimum atomic E-state index is -0.472. The standard InChI is InChI=1S/C11H20N6O2/c1-5-12-10-9(17(18)19)11(15-7-14-10)13-6-8(2)16(3)4/h7-8H,5-6H2,1-4H3,(H2,12,13,14,15). The van der Waals surface area contributed by atoms with Crippen molar-refractivity contribution in [1.29, 1.82) is 0 Å². The Hall–Kier alpha value is -1.96. The second-order valence-electron chi connectivity index (χ2n) is 4.40. The van der Waals surface area contributed by atoms with Crippen molar-refractivity contribution in [3.05, 3.63) is 16.4 Å². The molecule has 106 valence electrons. The highest BCUT2D eigenvalue weighted by Gasteiger charge is 2.22. The monoisotopic (exact) mass is 268 g/mol. The van der Waals surface area contributed by atoms with Crippen LogP contribution < -0.4 is 10.6 Å². The van der Waals surface area contributed by atoms with E-state index in [0.29, 0.717) is 13.1 Å². The van der Waals surface area contributed by atoms with Gasteiger partial charge in [-0.25, -0.2) is 9.97 Å². The molecule has 0 aliphatic carbocycles. The topological polar surface area (TPSA) is 96.2 Å². The molecule has 19 heavy (non-hydrogen) atoms. The molecule has 0 aromatic carbocycles. The molecular formula is C11H20N6O2. The van der Waals surface area contributed by atoms with Gasteiger partial charge in [-0.15, -0.1) is 0 Å². The quantitative estimate of drug-likeness (QED) is 0.566. The van der Waals surface area contributed by atoms with E-state index in [1.54, 1.807) is 0 Å². The average molecular weight is 268 g/mol.